The molecule has 0 aliphatic rings. The number of hydrogen-bond acceptors (Lipinski definition) is 5. The molecule has 2 N–H and O–H groups in total. The smallest absolute Gasteiger partial charge is 0.269 e. The number of nitro benzene ring substituents is 1. The Balaban J connectivity index is 2.16. The number of halogens is 1. The highest BCUT2D eigenvalue weighted by Gasteiger charge is 2.25. The Morgan fingerprint density at radius 1 is 1.22 bits per heavy atom. The first-order valence-corrected chi connectivity index (χ1v) is 9.84. The number of hydrogen-bond donors (Lipinski definition) is 2. The molecule has 0 aliphatic carbocycles. The van der Waals surface area contributed by atoms with Crippen molar-refractivity contribution in [2.24, 2.45) is 0 Å². The van der Waals surface area contributed by atoms with Crippen LogP contribution in [0.1, 0.15) is 18.9 Å². The molecule has 144 valence electrons. The number of anilines is 1. The van der Waals surface area contributed by atoms with Gasteiger partial charge >= 0.3 is 0 Å². The SMILES string of the molecule is CCC(NS(=O)(=O)c1ccc(Cl)cc1)C(=O)Nc1ccc([N+](=O)[O-])cc1C. The van der Waals surface area contributed by atoms with Crippen LogP contribution in [0.4, 0.5) is 11.4 Å². The van der Waals surface area contributed by atoms with Crippen LogP contribution in [0.3, 0.4) is 0 Å². The second kappa shape index (κ2) is 8.47. The van der Waals surface area contributed by atoms with E-state index in [-0.39, 0.29) is 17.0 Å². The lowest BCUT2D eigenvalue weighted by Gasteiger charge is -2.18. The van der Waals surface area contributed by atoms with Gasteiger partial charge in [0.05, 0.1) is 9.82 Å². The number of sulfonamides is 1. The summed E-state index contributed by atoms with van der Waals surface area (Å²) >= 11 is 5.76. The first-order chi connectivity index (χ1) is 12.6. The van der Waals surface area contributed by atoms with Crippen molar-refractivity contribution in [3.63, 3.8) is 0 Å². The third-order valence-electron chi connectivity index (χ3n) is 3.82. The van der Waals surface area contributed by atoms with Crippen LogP contribution < -0.4 is 10.0 Å². The summed E-state index contributed by atoms with van der Waals surface area (Å²) in [5.74, 6) is -0.563. The summed E-state index contributed by atoms with van der Waals surface area (Å²) in [4.78, 5) is 22.7. The van der Waals surface area contributed by atoms with Crippen molar-refractivity contribution in [2.75, 3.05) is 5.32 Å². The Labute approximate surface area is 161 Å². The van der Waals surface area contributed by atoms with E-state index in [4.69, 9.17) is 11.6 Å². The van der Waals surface area contributed by atoms with E-state index in [1.54, 1.807) is 13.8 Å². The summed E-state index contributed by atoms with van der Waals surface area (Å²) < 4.78 is 27.3. The zero-order valence-corrected chi connectivity index (χ0v) is 16.2. The second-order valence-corrected chi connectivity index (χ2v) is 7.93. The van der Waals surface area contributed by atoms with Crippen LogP contribution in [0.5, 0.6) is 0 Å². The number of carbonyl (C=O) groups excluding carboxylic acids is 1. The Bertz CT molecular complexity index is 961. The van der Waals surface area contributed by atoms with Crippen LogP contribution in [0.25, 0.3) is 0 Å². The van der Waals surface area contributed by atoms with Crippen LogP contribution in [0.15, 0.2) is 47.4 Å². The quantitative estimate of drug-likeness (QED) is 0.535. The fraction of sp³-hybridized carbons (Fsp3) is 0.235. The van der Waals surface area contributed by atoms with Gasteiger partial charge in [0, 0.05) is 22.8 Å². The molecule has 0 saturated carbocycles. The van der Waals surface area contributed by atoms with Gasteiger partial charge in [0.15, 0.2) is 0 Å². The lowest BCUT2D eigenvalue weighted by Crippen LogP contribution is -2.43. The average molecular weight is 412 g/mol. The van der Waals surface area contributed by atoms with Crippen molar-refractivity contribution in [3.05, 3.63) is 63.2 Å². The Morgan fingerprint density at radius 3 is 2.37 bits per heavy atom. The topological polar surface area (TPSA) is 118 Å². The molecule has 10 heteroatoms. The lowest BCUT2D eigenvalue weighted by atomic mass is 10.1. The van der Waals surface area contributed by atoms with Crippen LogP contribution in [0, 0.1) is 17.0 Å². The largest absolute Gasteiger partial charge is 0.324 e. The summed E-state index contributed by atoms with van der Waals surface area (Å²) in [6.45, 7) is 3.28. The average Bonchev–Trinajstić information content (AvgIpc) is 2.61. The van der Waals surface area contributed by atoms with Crippen molar-refractivity contribution in [1.29, 1.82) is 0 Å². The van der Waals surface area contributed by atoms with Crippen molar-refractivity contribution in [2.45, 2.75) is 31.2 Å². The Hall–Kier alpha value is -2.49. The minimum atomic E-state index is -3.91. The molecule has 2 aromatic rings. The van der Waals surface area contributed by atoms with E-state index in [2.05, 4.69) is 10.0 Å². The molecule has 27 heavy (non-hydrogen) atoms. The van der Waals surface area contributed by atoms with Gasteiger partial charge in [-0.2, -0.15) is 4.72 Å². The van der Waals surface area contributed by atoms with Gasteiger partial charge in [-0.25, -0.2) is 8.42 Å². The zero-order chi connectivity index (χ0) is 20.2. The van der Waals surface area contributed by atoms with E-state index in [0.717, 1.165) is 0 Å². The molecule has 0 heterocycles. The number of nitrogens with zero attached hydrogens (tertiary/aromatic N) is 1. The van der Waals surface area contributed by atoms with E-state index in [1.807, 2.05) is 0 Å². The fourth-order valence-electron chi connectivity index (χ4n) is 2.31. The molecule has 2 rings (SSSR count). The molecular formula is C17H18ClN3O5S. The molecule has 0 aliphatic heterocycles. The molecular weight excluding hydrogens is 394 g/mol. The van der Waals surface area contributed by atoms with Crippen molar-refractivity contribution >= 4 is 38.9 Å². The molecule has 0 radical (unpaired) electrons. The van der Waals surface area contributed by atoms with Gasteiger partial charge in [-0.1, -0.05) is 18.5 Å². The number of benzene rings is 2. The maximum atomic E-state index is 12.5. The molecule has 0 aromatic heterocycles. The van der Waals surface area contributed by atoms with Crippen LogP contribution in [0.2, 0.25) is 5.02 Å². The van der Waals surface area contributed by atoms with Crippen molar-refractivity contribution in [1.82, 2.24) is 4.72 Å². The number of nitro groups is 1. The maximum Gasteiger partial charge on any atom is 0.269 e. The molecule has 1 amide bonds. The summed E-state index contributed by atoms with van der Waals surface area (Å²) in [5.41, 5.74) is 0.767. The summed E-state index contributed by atoms with van der Waals surface area (Å²) in [6, 6.07) is 8.56. The van der Waals surface area contributed by atoms with Gasteiger partial charge < -0.3 is 5.32 Å². The Morgan fingerprint density at radius 2 is 1.85 bits per heavy atom. The van der Waals surface area contributed by atoms with Crippen LogP contribution in [-0.4, -0.2) is 25.3 Å². The van der Waals surface area contributed by atoms with Crippen LogP contribution >= 0.6 is 11.6 Å². The van der Waals surface area contributed by atoms with Crippen LogP contribution in [-0.2, 0) is 14.8 Å². The molecule has 1 atom stereocenters. The monoisotopic (exact) mass is 411 g/mol. The van der Waals surface area contributed by atoms with Gasteiger partial charge in [-0.15, -0.1) is 0 Å². The maximum absolute atomic E-state index is 12.5. The first-order valence-electron chi connectivity index (χ1n) is 7.98. The van der Waals surface area contributed by atoms with Gasteiger partial charge in [-0.3, -0.25) is 14.9 Å². The number of rotatable bonds is 7. The lowest BCUT2D eigenvalue weighted by molar-refractivity contribution is -0.384. The fourth-order valence-corrected chi connectivity index (χ4v) is 3.72. The van der Waals surface area contributed by atoms with Gasteiger partial charge in [0.1, 0.15) is 6.04 Å². The summed E-state index contributed by atoms with van der Waals surface area (Å²) in [7, 11) is -3.91. The summed E-state index contributed by atoms with van der Waals surface area (Å²) in [6.07, 6.45) is 0.213. The van der Waals surface area contributed by atoms with Gasteiger partial charge in [0.2, 0.25) is 15.9 Å². The third kappa shape index (κ3) is 5.25. The van der Waals surface area contributed by atoms with E-state index in [9.17, 15) is 23.3 Å². The van der Waals surface area contributed by atoms with E-state index < -0.39 is 26.9 Å². The number of nitrogens with one attached hydrogen (secondary N) is 2. The molecule has 1 unspecified atom stereocenters. The number of amides is 1. The predicted octanol–water partition coefficient (Wildman–Crippen LogP) is 3.25. The normalized spacial score (nSPS) is 12.4. The molecule has 2 aromatic carbocycles. The van der Waals surface area contributed by atoms with E-state index >= 15 is 0 Å². The minimum Gasteiger partial charge on any atom is -0.324 e. The Kier molecular flexibility index (Phi) is 6.53. The standard InChI is InChI=1S/C17H18ClN3O5S/c1-3-15(20-27(25,26)14-7-4-12(18)5-8-14)17(22)19-16-9-6-13(21(23)24)10-11(16)2/h4-10,15,20H,3H2,1-2H3,(H,19,22). The third-order valence-corrected chi connectivity index (χ3v) is 5.56. The van der Waals surface area contributed by atoms with E-state index in [0.29, 0.717) is 16.3 Å². The van der Waals surface area contributed by atoms with Crippen molar-refractivity contribution in [3.8, 4) is 0 Å². The second-order valence-electron chi connectivity index (χ2n) is 5.78. The molecule has 0 saturated heterocycles. The molecule has 0 spiro atoms. The first kappa shape index (κ1) is 20.8. The van der Waals surface area contributed by atoms with E-state index in [1.165, 1.54) is 42.5 Å². The minimum absolute atomic E-state index is 0.00957. The van der Waals surface area contributed by atoms with Gasteiger partial charge in [-0.05, 0) is 49.2 Å². The molecule has 0 fully saturated rings. The molecule has 0 bridgehead atoms. The predicted molar refractivity (Wildman–Crippen MR) is 102 cm³/mol. The zero-order valence-electron chi connectivity index (χ0n) is 14.6. The highest BCUT2D eigenvalue weighted by atomic mass is 35.5. The number of aryl methyl sites for hydroxylation is 1. The number of non-ortho nitro benzene ring substituents is 1. The van der Waals surface area contributed by atoms with Gasteiger partial charge in [0.25, 0.3) is 5.69 Å². The number of carbonyl (C=O) groups is 1. The van der Waals surface area contributed by atoms with Crippen molar-refractivity contribution < 1.29 is 18.1 Å². The highest BCUT2D eigenvalue weighted by molar-refractivity contribution is 7.89. The highest BCUT2D eigenvalue weighted by Crippen LogP contribution is 2.22. The summed E-state index contributed by atoms with van der Waals surface area (Å²) in [5, 5.41) is 13.8. The molecule has 8 nitrogen and oxygen atoms in total.